The fourth-order valence-electron chi connectivity index (χ4n) is 13.1. The zero-order valence-electron chi connectivity index (χ0n) is 41.4. The van der Waals surface area contributed by atoms with Crippen molar-refractivity contribution in [2.24, 2.45) is 0 Å². The summed E-state index contributed by atoms with van der Waals surface area (Å²) in [5, 5.41) is 4.74. The quantitative estimate of drug-likeness (QED) is 0.159. The summed E-state index contributed by atoms with van der Waals surface area (Å²) in [6.07, 6.45) is 0. The van der Waals surface area contributed by atoms with Gasteiger partial charge in [0, 0.05) is 49.9 Å². The molecule has 2 heterocycles. The summed E-state index contributed by atoms with van der Waals surface area (Å²) in [5.74, 6) is 0. The SMILES string of the molecule is c1ccc(-n2c3ccccc3c3ccc(-c4cccc(N(c5ccc(-c6ccc7c(c6)C6(c8ccccc8-c8ccccc86)c6ccccc6-7)cc5)c5ccc(-c6cccc7c6oc6ccccc67)cc5)c4)cc32)cc1. The van der Waals surface area contributed by atoms with Crippen LogP contribution in [0.5, 0.6) is 0 Å². The van der Waals surface area contributed by atoms with Crippen molar-refractivity contribution in [1.82, 2.24) is 4.57 Å². The Labute approximate surface area is 440 Å². The van der Waals surface area contributed by atoms with Crippen LogP contribution in [0, 0.1) is 0 Å². The van der Waals surface area contributed by atoms with Crippen LogP contribution in [0.25, 0.3) is 105 Å². The van der Waals surface area contributed by atoms with Gasteiger partial charge in [-0.3, -0.25) is 0 Å². The van der Waals surface area contributed by atoms with Gasteiger partial charge in [-0.2, -0.15) is 0 Å². The predicted octanol–water partition coefficient (Wildman–Crippen LogP) is 19.5. The van der Waals surface area contributed by atoms with Crippen LogP contribution in [0.4, 0.5) is 17.1 Å². The molecule has 0 saturated heterocycles. The minimum atomic E-state index is -0.401. The Hall–Kier alpha value is -9.96. The average Bonchev–Trinajstić information content (AvgIpc) is 4.41. The van der Waals surface area contributed by atoms with Crippen molar-refractivity contribution in [3.05, 3.63) is 301 Å². The second-order valence-corrected chi connectivity index (χ2v) is 20.3. The van der Waals surface area contributed by atoms with E-state index in [0.29, 0.717) is 0 Å². The Morgan fingerprint density at radius 1 is 0.289 bits per heavy atom. The van der Waals surface area contributed by atoms with Crippen LogP contribution in [0.1, 0.15) is 22.3 Å². The summed E-state index contributed by atoms with van der Waals surface area (Å²) in [6, 6.07) is 102. The van der Waals surface area contributed by atoms with Crippen molar-refractivity contribution in [3.63, 3.8) is 0 Å². The highest BCUT2D eigenvalue weighted by Gasteiger charge is 2.51. The number of para-hydroxylation sites is 4. The van der Waals surface area contributed by atoms with E-state index in [4.69, 9.17) is 4.42 Å². The first kappa shape index (κ1) is 42.5. The number of nitrogens with zero attached hydrogens (tertiary/aromatic N) is 2. The summed E-state index contributed by atoms with van der Waals surface area (Å²) in [4.78, 5) is 2.39. The zero-order chi connectivity index (χ0) is 49.9. The van der Waals surface area contributed by atoms with Crippen LogP contribution in [0.15, 0.2) is 283 Å². The van der Waals surface area contributed by atoms with Gasteiger partial charge in [0.1, 0.15) is 11.2 Å². The van der Waals surface area contributed by atoms with Gasteiger partial charge in [-0.15, -0.1) is 0 Å². The lowest BCUT2D eigenvalue weighted by molar-refractivity contribution is 0.670. The molecule has 0 atom stereocenters. The van der Waals surface area contributed by atoms with Crippen molar-refractivity contribution >= 4 is 60.8 Å². The highest BCUT2D eigenvalue weighted by molar-refractivity contribution is 6.11. The van der Waals surface area contributed by atoms with Gasteiger partial charge in [0.05, 0.1) is 16.4 Å². The van der Waals surface area contributed by atoms with E-state index in [1.807, 2.05) is 12.1 Å². The molecule has 2 aliphatic rings. The Morgan fingerprint density at radius 3 is 1.53 bits per heavy atom. The molecule has 14 aromatic rings. The third-order valence-electron chi connectivity index (χ3n) is 16.4. The summed E-state index contributed by atoms with van der Waals surface area (Å²) >= 11 is 0. The number of fused-ring (bicyclic) bond motifs is 16. The molecule has 0 aliphatic heterocycles. The lowest BCUT2D eigenvalue weighted by Gasteiger charge is -2.30. The van der Waals surface area contributed by atoms with Gasteiger partial charge in [0.2, 0.25) is 0 Å². The molecule has 0 saturated carbocycles. The fraction of sp³-hybridized carbons (Fsp3) is 0.0137. The molecule has 354 valence electrons. The molecular weight excluding hydrogens is 921 g/mol. The minimum absolute atomic E-state index is 0.401. The lowest BCUT2D eigenvalue weighted by Crippen LogP contribution is -2.25. The van der Waals surface area contributed by atoms with Gasteiger partial charge in [0.25, 0.3) is 0 Å². The Bertz CT molecular complexity index is 4570. The Morgan fingerprint density at radius 2 is 0.803 bits per heavy atom. The van der Waals surface area contributed by atoms with E-state index < -0.39 is 5.41 Å². The van der Waals surface area contributed by atoms with Crippen LogP contribution < -0.4 is 4.90 Å². The molecule has 0 amide bonds. The van der Waals surface area contributed by atoms with Crippen LogP contribution in [-0.2, 0) is 5.41 Å². The summed E-state index contributed by atoms with van der Waals surface area (Å²) in [7, 11) is 0. The van der Waals surface area contributed by atoms with E-state index in [9.17, 15) is 0 Å². The third kappa shape index (κ3) is 6.17. The van der Waals surface area contributed by atoms with Crippen molar-refractivity contribution in [3.8, 4) is 61.3 Å². The van der Waals surface area contributed by atoms with Crippen molar-refractivity contribution in [1.29, 1.82) is 0 Å². The van der Waals surface area contributed by atoms with Gasteiger partial charge in [-0.25, -0.2) is 0 Å². The number of aromatic nitrogens is 1. The monoisotopic (exact) mass is 966 g/mol. The molecule has 0 unspecified atom stereocenters. The molecule has 76 heavy (non-hydrogen) atoms. The van der Waals surface area contributed by atoms with E-state index in [2.05, 4.69) is 276 Å². The molecule has 3 nitrogen and oxygen atoms in total. The molecule has 16 rings (SSSR count). The van der Waals surface area contributed by atoms with Gasteiger partial charge < -0.3 is 13.9 Å². The molecule has 0 bridgehead atoms. The summed E-state index contributed by atoms with van der Waals surface area (Å²) in [5.41, 5.74) is 25.6. The van der Waals surface area contributed by atoms with Gasteiger partial charge >= 0.3 is 0 Å². The molecule has 2 aliphatic carbocycles. The zero-order valence-corrected chi connectivity index (χ0v) is 41.4. The molecular formula is C73H46N2O. The first-order valence-corrected chi connectivity index (χ1v) is 26.2. The second kappa shape index (κ2) is 16.5. The molecule has 2 aromatic heterocycles. The maximum Gasteiger partial charge on any atom is 0.143 e. The van der Waals surface area contributed by atoms with E-state index >= 15 is 0 Å². The summed E-state index contributed by atoms with van der Waals surface area (Å²) in [6.45, 7) is 0. The Balaban J connectivity index is 0.825. The molecule has 1 spiro atoms. The van der Waals surface area contributed by atoms with Crippen molar-refractivity contribution < 1.29 is 4.42 Å². The number of rotatable bonds is 7. The van der Waals surface area contributed by atoms with Crippen LogP contribution >= 0.6 is 0 Å². The topological polar surface area (TPSA) is 21.3 Å². The highest BCUT2D eigenvalue weighted by Crippen LogP contribution is 2.63. The normalized spacial score (nSPS) is 12.8. The summed E-state index contributed by atoms with van der Waals surface area (Å²) < 4.78 is 8.91. The number of furan rings is 1. The number of anilines is 3. The van der Waals surface area contributed by atoms with E-state index in [1.54, 1.807) is 0 Å². The molecule has 0 fully saturated rings. The van der Waals surface area contributed by atoms with Crippen LogP contribution in [0.2, 0.25) is 0 Å². The minimum Gasteiger partial charge on any atom is -0.455 e. The third-order valence-corrected chi connectivity index (χ3v) is 16.4. The fourth-order valence-corrected chi connectivity index (χ4v) is 13.1. The lowest BCUT2D eigenvalue weighted by atomic mass is 9.70. The van der Waals surface area contributed by atoms with Crippen molar-refractivity contribution in [2.75, 3.05) is 4.90 Å². The largest absolute Gasteiger partial charge is 0.455 e. The molecule has 3 heteroatoms. The Kier molecular flexibility index (Phi) is 9.25. The van der Waals surface area contributed by atoms with Gasteiger partial charge in [-0.05, 0) is 145 Å². The standard InChI is InChI=1S/C73H46N2O/c1-2-17-52(18-3-1)75-69-30-12-7-23-61(69)62-43-37-51(46-70(62)75)49-16-14-19-55(44-49)74(54-40-34-48(35-41-54)56-25-15-26-64-63-24-8-13-31-71(63)76-72(56)64)53-38-32-47(33-39-53)50-36-42-60-59-22-6-11-29-67(59)73(68(60)45-50)65-27-9-4-20-57(65)58-21-5-10-28-66(58)73/h1-46H. The number of hydrogen-bond donors (Lipinski definition) is 0. The first-order valence-electron chi connectivity index (χ1n) is 26.2. The van der Waals surface area contributed by atoms with Crippen LogP contribution in [-0.4, -0.2) is 4.57 Å². The van der Waals surface area contributed by atoms with Crippen molar-refractivity contribution in [2.45, 2.75) is 5.41 Å². The van der Waals surface area contributed by atoms with E-state index in [0.717, 1.165) is 66.9 Å². The molecule has 12 aromatic carbocycles. The van der Waals surface area contributed by atoms with Gasteiger partial charge in [-0.1, -0.05) is 206 Å². The average molecular weight is 967 g/mol. The smallest absolute Gasteiger partial charge is 0.143 e. The molecule has 0 radical (unpaired) electrons. The van der Waals surface area contributed by atoms with E-state index in [1.165, 1.54) is 77.4 Å². The maximum atomic E-state index is 6.52. The maximum absolute atomic E-state index is 6.52. The van der Waals surface area contributed by atoms with Gasteiger partial charge in [0.15, 0.2) is 0 Å². The molecule has 0 N–H and O–H groups in total. The predicted molar refractivity (Wildman–Crippen MR) is 315 cm³/mol. The second-order valence-electron chi connectivity index (χ2n) is 20.3. The first-order chi connectivity index (χ1) is 37.7. The van der Waals surface area contributed by atoms with E-state index in [-0.39, 0.29) is 0 Å². The number of hydrogen-bond acceptors (Lipinski definition) is 2. The highest BCUT2D eigenvalue weighted by atomic mass is 16.3. The number of benzene rings is 12. The van der Waals surface area contributed by atoms with Crippen LogP contribution in [0.3, 0.4) is 0 Å².